The highest BCUT2D eigenvalue weighted by Crippen LogP contribution is 2.27. The molecule has 2 heterocycles. The van der Waals surface area contributed by atoms with Crippen LogP contribution in [-0.4, -0.2) is 35.7 Å². The van der Waals surface area contributed by atoms with Gasteiger partial charge in [0.25, 0.3) is 0 Å². The molecule has 1 N–H and O–H groups in total. The lowest BCUT2D eigenvalue weighted by Crippen LogP contribution is -2.28. The number of hydrogen-bond acceptors (Lipinski definition) is 5. The van der Waals surface area contributed by atoms with E-state index in [0.29, 0.717) is 26.2 Å². The maximum atomic E-state index is 12.3. The smallest absolute Gasteiger partial charge is 0.368 e. The predicted octanol–water partition coefficient (Wildman–Crippen LogP) is 2.06. The van der Waals surface area contributed by atoms with Crippen LogP contribution in [0.25, 0.3) is 0 Å². The molecule has 0 saturated carbocycles. The van der Waals surface area contributed by atoms with Crippen LogP contribution in [0.5, 0.6) is 0 Å². The average Bonchev–Trinajstić information content (AvgIpc) is 2.76. The third kappa shape index (κ3) is 3.77. The first-order valence-electron chi connectivity index (χ1n) is 5.82. The second kappa shape index (κ2) is 5.30. The highest BCUT2D eigenvalue weighted by atomic mass is 19.4. The molecule has 0 bridgehead atoms. The number of aromatic nitrogens is 2. The average molecular weight is 277 g/mol. The summed E-state index contributed by atoms with van der Waals surface area (Å²) in [6.07, 6.45) is -3.90. The number of anilines is 1. The molecule has 0 amide bonds. The number of hydrogen-bond donors (Lipinski definition) is 1. The summed E-state index contributed by atoms with van der Waals surface area (Å²) in [4.78, 5) is 0. The minimum Gasteiger partial charge on any atom is -0.368 e. The van der Waals surface area contributed by atoms with Crippen molar-refractivity contribution >= 4 is 5.82 Å². The molecule has 1 aliphatic rings. The molecule has 5 nitrogen and oxygen atoms in total. The topological polar surface area (TPSA) is 56.3 Å². The monoisotopic (exact) mass is 277 g/mol. The van der Waals surface area contributed by atoms with Crippen molar-refractivity contribution in [3.63, 3.8) is 0 Å². The summed E-state index contributed by atoms with van der Waals surface area (Å²) in [6, 6.07) is 2.13. The van der Waals surface area contributed by atoms with Gasteiger partial charge < -0.3 is 14.8 Å². The Morgan fingerprint density at radius 2 is 1.95 bits per heavy atom. The van der Waals surface area contributed by atoms with E-state index in [0.717, 1.165) is 6.07 Å². The van der Waals surface area contributed by atoms with Crippen molar-refractivity contribution in [1.29, 1.82) is 0 Å². The van der Waals surface area contributed by atoms with Crippen molar-refractivity contribution < 1.29 is 22.6 Å². The quantitative estimate of drug-likeness (QED) is 0.913. The zero-order valence-corrected chi connectivity index (χ0v) is 10.3. The van der Waals surface area contributed by atoms with E-state index in [1.54, 1.807) is 0 Å². The summed E-state index contributed by atoms with van der Waals surface area (Å²) in [5, 5.41) is 9.46. The van der Waals surface area contributed by atoms with Crippen LogP contribution in [-0.2, 0) is 15.7 Å². The normalized spacial score (nSPS) is 18.5. The van der Waals surface area contributed by atoms with Crippen molar-refractivity contribution in [3.05, 3.63) is 17.8 Å². The summed E-state index contributed by atoms with van der Waals surface area (Å²) >= 11 is 0. The van der Waals surface area contributed by atoms with E-state index in [9.17, 15) is 13.2 Å². The molecule has 0 atom stereocenters. The van der Waals surface area contributed by atoms with Crippen molar-refractivity contribution in [2.75, 3.05) is 25.1 Å². The lowest BCUT2D eigenvalue weighted by atomic mass is 10.2. The first-order chi connectivity index (χ1) is 8.89. The van der Waals surface area contributed by atoms with E-state index in [1.165, 1.54) is 6.07 Å². The Bertz CT molecular complexity index is 416. The molecule has 0 aliphatic carbocycles. The van der Waals surface area contributed by atoms with E-state index < -0.39 is 17.7 Å². The fourth-order valence-corrected chi connectivity index (χ4v) is 1.70. The van der Waals surface area contributed by atoms with Gasteiger partial charge in [0.2, 0.25) is 0 Å². The van der Waals surface area contributed by atoms with E-state index >= 15 is 0 Å². The number of nitrogens with zero attached hydrogens (tertiary/aromatic N) is 2. The van der Waals surface area contributed by atoms with Gasteiger partial charge in [-0.05, 0) is 19.1 Å². The maximum absolute atomic E-state index is 12.3. The van der Waals surface area contributed by atoms with E-state index in [-0.39, 0.29) is 5.82 Å². The van der Waals surface area contributed by atoms with Gasteiger partial charge in [-0.3, -0.25) is 0 Å². The van der Waals surface area contributed by atoms with Gasteiger partial charge in [0.05, 0.1) is 13.2 Å². The summed E-state index contributed by atoms with van der Waals surface area (Å²) in [6.45, 7) is 3.39. The lowest BCUT2D eigenvalue weighted by Gasteiger charge is -2.22. The highest BCUT2D eigenvalue weighted by Gasteiger charge is 2.33. The van der Waals surface area contributed by atoms with Crippen LogP contribution in [0.15, 0.2) is 12.1 Å². The molecule has 19 heavy (non-hydrogen) atoms. The Hall–Kier alpha value is -1.41. The van der Waals surface area contributed by atoms with Gasteiger partial charge in [-0.15, -0.1) is 10.2 Å². The van der Waals surface area contributed by atoms with Gasteiger partial charge in [0.1, 0.15) is 5.82 Å². The zero-order valence-electron chi connectivity index (χ0n) is 10.3. The molecule has 1 aromatic heterocycles. The fourth-order valence-electron chi connectivity index (χ4n) is 1.70. The van der Waals surface area contributed by atoms with Crippen LogP contribution in [0.3, 0.4) is 0 Å². The van der Waals surface area contributed by atoms with Gasteiger partial charge in [0.15, 0.2) is 11.5 Å². The molecule has 106 valence electrons. The molecule has 0 spiro atoms. The largest absolute Gasteiger partial charge is 0.435 e. The Balaban J connectivity index is 1.83. The molecule has 1 fully saturated rings. The summed E-state index contributed by atoms with van der Waals surface area (Å²) in [7, 11) is 0. The molecule has 2 rings (SSSR count). The third-order valence-electron chi connectivity index (χ3n) is 2.74. The number of nitrogens with one attached hydrogen (secondary N) is 1. The Kier molecular flexibility index (Phi) is 3.91. The lowest BCUT2D eigenvalue weighted by molar-refractivity contribution is -0.144. The SMILES string of the molecule is CC1(CCNc2ccc(C(F)(F)F)nn2)OCCO1. The minimum atomic E-state index is -4.47. The maximum Gasteiger partial charge on any atom is 0.435 e. The summed E-state index contributed by atoms with van der Waals surface area (Å²) < 4.78 is 47.6. The minimum absolute atomic E-state index is 0.287. The molecular weight excluding hydrogens is 263 g/mol. The van der Waals surface area contributed by atoms with Crippen molar-refractivity contribution in [2.45, 2.75) is 25.3 Å². The first-order valence-corrected chi connectivity index (χ1v) is 5.82. The van der Waals surface area contributed by atoms with Crippen LogP contribution in [0.4, 0.5) is 19.0 Å². The van der Waals surface area contributed by atoms with E-state index in [1.807, 2.05) is 6.92 Å². The Labute approximate surface area is 108 Å². The van der Waals surface area contributed by atoms with Gasteiger partial charge >= 0.3 is 6.18 Å². The van der Waals surface area contributed by atoms with Crippen molar-refractivity contribution in [1.82, 2.24) is 10.2 Å². The zero-order chi connectivity index (χ0) is 13.9. The van der Waals surface area contributed by atoms with Gasteiger partial charge in [-0.2, -0.15) is 13.2 Å². The molecule has 0 radical (unpaired) electrons. The van der Waals surface area contributed by atoms with Crippen LogP contribution in [0, 0.1) is 0 Å². The van der Waals surface area contributed by atoms with Gasteiger partial charge in [0, 0.05) is 13.0 Å². The highest BCUT2D eigenvalue weighted by molar-refractivity contribution is 5.33. The third-order valence-corrected chi connectivity index (χ3v) is 2.74. The van der Waals surface area contributed by atoms with Gasteiger partial charge in [-0.1, -0.05) is 0 Å². The molecular formula is C11H14F3N3O2. The molecule has 0 aromatic carbocycles. The molecule has 1 aliphatic heterocycles. The number of halogens is 3. The second-order valence-electron chi connectivity index (χ2n) is 4.31. The number of ether oxygens (including phenoxy) is 2. The van der Waals surface area contributed by atoms with E-state index in [2.05, 4.69) is 15.5 Å². The second-order valence-corrected chi connectivity index (χ2v) is 4.31. The Morgan fingerprint density at radius 3 is 2.47 bits per heavy atom. The molecule has 0 unspecified atom stereocenters. The summed E-state index contributed by atoms with van der Waals surface area (Å²) in [5.74, 6) is -0.346. The predicted molar refractivity (Wildman–Crippen MR) is 60.4 cm³/mol. The summed E-state index contributed by atoms with van der Waals surface area (Å²) in [5.41, 5.74) is -1.01. The fraction of sp³-hybridized carbons (Fsp3) is 0.636. The molecule has 1 saturated heterocycles. The molecule has 8 heteroatoms. The van der Waals surface area contributed by atoms with Crippen molar-refractivity contribution in [3.8, 4) is 0 Å². The van der Waals surface area contributed by atoms with Crippen molar-refractivity contribution in [2.24, 2.45) is 0 Å². The van der Waals surface area contributed by atoms with Gasteiger partial charge in [-0.25, -0.2) is 0 Å². The van der Waals surface area contributed by atoms with Crippen LogP contribution < -0.4 is 5.32 Å². The number of alkyl halides is 3. The molecule has 1 aromatic rings. The number of rotatable bonds is 4. The standard InChI is InChI=1S/C11H14F3N3O2/c1-10(18-6-7-19-10)4-5-15-9-3-2-8(16-17-9)11(12,13)14/h2-3H,4-7H2,1H3,(H,15,17). The Morgan fingerprint density at radius 1 is 1.26 bits per heavy atom. The van der Waals surface area contributed by atoms with Crippen LogP contribution in [0.1, 0.15) is 19.0 Å². The van der Waals surface area contributed by atoms with Crippen LogP contribution in [0.2, 0.25) is 0 Å². The van der Waals surface area contributed by atoms with E-state index in [4.69, 9.17) is 9.47 Å². The first kappa shape index (κ1) is 14.0. The van der Waals surface area contributed by atoms with Crippen LogP contribution >= 0.6 is 0 Å².